The van der Waals surface area contributed by atoms with Gasteiger partial charge in [-0.15, -0.1) is 0 Å². The molecule has 2 heteroatoms. The van der Waals surface area contributed by atoms with Crippen molar-refractivity contribution in [2.45, 2.75) is 91.9 Å². The van der Waals surface area contributed by atoms with Crippen LogP contribution in [0.15, 0.2) is 0 Å². The molecule has 0 aromatic heterocycles. The molecule has 0 amide bonds. The molecule has 0 saturated heterocycles. The topological polar surface area (TPSA) is 6.48 Å². The number of hydrogen-bond acceptors (Lipinski definition) is 2. The first-order chi connectivity index (χ1) is 13.7. The summed E-state index contributed by atoms with van der Waals surface area (Å²) in [7, 11) is 0. The summed E-state index contributed by atoms with van der Waals surface area (Å²) in [6.07, 6.45) is 14.4. The van der Waals surface area contributed by atoms with E-state index in [0.717, 1.165) is 35.5 Å². The third kappa shape index (κ3) is 5.34. The molecule has 0 aromatic rings. The third-order valence-corrected chi connectivity index (χ3v) is 8.52. The number of rotatable bonds is 14. The zero-order chi connectivity index (χ0) is 19.9. The van der Waals surface area contributed by atoms with Crippen molar-refractivity contribution >= 4 is 0 Å². The monoisotopic (exact) mass is 390 g/mol. The Labute approximate surface area is 176 Å². The normalized spacial score (nSPS) is 34.1. The highest BCUT2D eigenvalue weighted by atomic mass is 15.1. The summed E-state index contributed by atoms with van der Waals surface area (Å²) < 4.78 is 0. The molecule has 164 valence electrons. The molecule has 3 aliphatic carbocycles. The Hall–Kier alpha value is -0.0800. The quantitative estimate of drug-likeness (QED) is 0.343. The van der Waals surface area contributed by atoms with Gasteiger partial charge in [0.25, 0.3) is 0 Å². The highest BCUT2D eigenvalue weighted by molar-refractivity contribution is 5.06. The SMILES string of the molecule is CCCCN(CCC)CC1CC2CC1C1C(CN(CCC)CCCC)CCC21. The highest BCUT2D eigenvalue weighted by Crippen LogP contribution is 2.62. The van der Waals surface area contributed by atoms with Gasteiger partial charge >= 0.3 is 0 Å². The summed E-state index contributed by atoms with van der Waals surface area (Å²) in [5, 5.41) is 0. The van der Waals surface area contributed by atoms with Crippen molar-refractivity contribution in [2.75, 3.05) is 39.3 Å². The van der Waals surface area contributed by atoms with Crippen molar-refractivity contribution in [2.24, 2.45) is 35.5 Å². The minimum absolute atomic E-state index is 1.02. The molecule has 3 aliphatic rings. The summed E-state index contributed by atoms with van der Waals surface area (Å²) in [6.45, 7) is 17.6. The van der Waals surface area contributed by atoms with E-state index in [1.54, 1.807) is 19.3 Å². The van der Waals surface area contributed by atoms with Gasteiger partial charge in [-0.2, -0.15) is 0 Å². The molecule has 0 heterocycles. The maximum Gasteiger partial charge on any atom is 0.00125 e. The third-order valence-electron chi connectivity index (χ3n) is 8.52. The lowest BCUT2D eigenvalue weighted by molar-refractivity contribution is 0.0956. The van der Waals surface area contributed by atoms with Crippen LogP contribution in [-0.2, 0) is 0 Å². The molecule has 0 aromatic carbocycles. The van der Waals surface area contributed by atoms with E-state index in [-0.39, 0.29) is 0 Å². The molecule has 3 fully saturated rings. The van der Waals surface area contributed by atoms with Crippen LogP contribution in [0.25, 0.3) is 0 Å². The molecule has 3 saturated carbocycles. The lowest BCUT2D eigenvalue weighted by atomic mass is 9.72. The molecule has 28 heavy (non-hydrogen) atoms. The van der Waals surface area contributed by atoms with Gasteiger partial charge in [0, 0.05) is 13.1 Å². The zero-order valence-electron chi connectivity index (χ0n) is 19.7. The van der Waals surface area contributed by atoms with E-state index < -0.39 is 0 Å². The van der Waals surface area contributed by atoms with Crippen LogP contribution in [0.2, 0.25) is 0 Å². The molecule has 0 radical (unpaired) electrons. The van der Waals surface area contributed by atoms with Crippen LogP contribution in [-0.4, -0.2) is 49.1 Å². The van der Waals surface area contributed by atoms with E-state index in [9.17, 15) is 0 Å². The van der Waals surface area contributed by atoms with Crippen LogP contribution in [0.3, 0.4) is 0 Å². The second-order valence-corrected chi connectivity index (χ2v) is 10.5. The Morgan fingerprint density at radius 2 is 1.21 bits per heavy atom. The molecule has 2 nitrogen and oxygen atoms in total. The van der Waals surface area contributed by atoms with Crippen molar-refractivity contribution in [1.82, 2.24) is 9.80 Å². The smallest absolute Gasteiger partial charge is 0.00125 e. The highest BCUT2D eigenvalue weighted by Gasteiger charge is 2.57. The molecule has 0 N–H and O–H groups in total. The predicted molar refractivity (Wildman–Crippen MR) is 123 cm³/mol. The fraction of sp³-hybridized carbons (Fsp3) is 1.00. The van der Waals surface area contributed by atoms with Crippen LogP contribution >= 0.6 is 0 Å². The molecule has 0 aliphatic heterocycles. The van der Waals surface area contributed by atoms with Gasteiger partial charge in [-0.1, -0.05) is 40.5 Å². The number of fused-ring (bicyclic) bond motifs is 5. The fourth-order valence-electron chi connectivity index (χ4n) is 7.45. The first-order valence-corrected chi connectivity index (χ1v) is 13.2. The van der Waals surface area contributed by atoms with Crippen LogP contribution in [0.4, 0.5) is 0 Å². The van der Waals surface area contributed by atoms with Crippen LogP contribution in [0.5, 0.6) is 0 Å². The number of hydrogen-bond donors (Lipinski definition) is 0. The zero-order valence-corrected chi connectivity index (χ0v) is 19.7. The second-order valence-electron chi connectivity index (χ2n) is 10.5. The summed E-state index contributed by atoms with van der Waals surface area (Å²) in [4.78, 5) is 5.67. The van der Waals surface area contributed by atoms with Crippen molar-refractivity contribution in [3.8, 4) is 0 Å². The van der Waals surface area contributed by atoms with E-state index in [1.165, 1.54) is 84.2 Å². The second kappa shape index (κ2) is 11.3. The van der Waals surface area contributed by atoms with Gasteiger partial charge in [0.1, 0.15) is 0 Å². The molecular weight excluding hydrogens is 340 g/mol. The number of nitrogens with zero attached hydrogens (tertiary/aromatic N) is 2. The first-order valence-electron chi connectivity index (χ1n) is 13.2. The Kier molecular flexibility index (Phi) is 9.16. The fourth-order valence-corrected chi connectivity index (χ4v) is 7.45. The van der Waals surface area contributed by atoms with E-state index in [0.29, 0.717) is 0 Å². The van der Waals surface area contributed by atoms with E-state index >= 15 is 0 Å². The van der Waals surface area contributed by atoms with E-state index in [2.05, 4.69) is 37.5 Å². The molecule has 6 atom stereocenters. The van der Waals surface area contributed by atoms with Crippen molar-refractivity contribution in [3.05, 3.63) is 0 Å². The molecule has 0 spiro atoms. The van der Waals surface area contributed by atoms with Crippen LogP contribution in [0.1, 0.15) is 91.9 Å². The van der Waals surface area contributed by atoms with E-state index in [1.807, 2.05) is 0 Å². The Balaban J connectivity index is 1.58. The lowest BCUT2D eigenvalue weighted by Gasteiger charge is -2.38. The molecule has 3 rings (SSSR count). The lowest BCUT2D eigenvalue weighted by Crippen LogP contribution is -2.40. The Morgan fingerprint density at radius 1 is 0.607 bits per heavy atom. The molecule has 6 unspecified atom stereocenters. The van der Waals surface area contributed by atoms with Gasteiger partial charge in [-0.25, -0.2) is 0 Å². The molecular formula is C26H50N2. The standard InChI is InChI=1S/C26H50N2/c1-5-9-15-27(13-7-3)19-21-11-12-24-22-17-23(25(18-22)26(21)24)20-28(14-8-4)16-10-6-2/h21-26H,5-20H2,1-4H3. The summed E-state index contributed by atoms with van der Waals surface area (Å²) in [5.74, 6) is 6.38. The summed E-state index contributed by atoms with van der Waals surface area (Å²) in [5.41, 5.74) is 0. The van der Waals surface area contributed by atoms with Crippen LogP contribution in [0, 0.1) is 35.5 Å². The van der Waals surface area contributed by atoms with Crippen molar-refractivity contribution in [3.63, 3.8) is 0 Å². The summed E-state index contributed by atoms with van der Waals surface area (Å²) in [6, 6.07) is 0. The Bertz CT molecular complexity index is 436. The van der Waals surface area contributed by atoms with Gasteiger partial charge in [-0.3, -0.25) is 0 Å². The minimum atomic E-state index is 1.02. The van der Waals surface area contributed by atoms with Gasteiger partial charge in [0.2, 0.25) is 0 Å². The van der Waals surface area contributed by atoms with E-state index in [4.69, 9.17) is 0 Å². The minimum Gasteiger partial charge on any atom is -0.303 e. The summed E-state index contributed by atoms with van der Waals surface area (Å²) >= 11 is 0. The predicted octanol–water partition coefficient (Wildman–Crippen LogP) is 6.31. The van der Waals surface area contributed by atoms with Crippen molar-refractivity contribution in [1.29, 1.82) is 0 Å². The van der Waals surface area contributed by atoms with Gasteiger partial charge in [-0.05, 0) is 113 Å². The maximum absolute atomic E-state index is 2.84. The van der Waals surface area contributed by atoms with Gasteiger partial charge < -0.3 is 9.80 Å². The van der Waals surface area contributed by atoms with Gasteiger partial charge in [0.05, 0.1) is 0 Å². The Morgan fingerprint density at radius 3 is 1.79 bits per heavy atom. The molecule has 2 bridgehead atoms. The van der Waals surface area contributed by atoms with Crippen molar-refractivity contribution < 1.29 is 0 Å². The largest absolute Gasteiger partial charge is 0.303 e. The van der Waals surface area contributed by atoms with Crippen LogP contribution < -0.4 is 0 Å². The first kappa shape index (κ1) is 22.6. The number of unbranched alkanes of at least 4 members (excludes halogenated alkanes) is 2. The van der Waals surface area contributed by atoms with Gasteiger partial charge in [0.15, 0.2) is 0 Å². The average molecular weight is 391 g/mol. The maximum atomic E-state index is 2.84. The average Bonchev–Trinajstić information content (AvgIpc) is 3.37.